The van der Waals surface area contributed by atoms with Crippen LogP contribution >= 0.6 is 0 Å². The summed E-state index contributed by atoms with van der Waals surface area (Å²) in [7, 11) is 1.78. The number of carboxylic acid groups (broad SMARTS) is 1. The summed E-state index contributed by atoms with van der Waals surface area (Å²) in [5.74, 6) is -0.230. The van der Waals surface area contributed by atoms with Crippen molar-refractivity contribution in [2.75, 3.05) is 0 Å². The van der Waals surface area contributed by atoms with Crippen molar-refractivity contribution in [1.29, 1.82) is 0 Å². The summed E-state index contributed by atoms with van der Waals surface area (Å²) < 4.78 is 1.70. The minimum atomic E-state index is -0.872. The molecule has 18 heavy (non-hydrogen) atoms. The SMILES string of the molecule is CC(CCC(=O)O)NC(=O)NCc1nncn1C. The quantitative estimate of drug-likeness (QED) is 0.656. The molecule has 2 amide bonds. The molecule has 1 heterocycles. The second-order valence-electron chi connectivity index (χ2n) is 4.02. The number of carbonyl (C=O) groups excluding carboxylic acids is 1. The number of carboxylic acids is 1. The van der Waals surface area contributed by atoms with E-state index in [2.05, 4.69) is 20.8 Å². The van der Waals surface area contributed by atoms with Gasteiger partial charge in [-0.1, -0.05) is 0 Å². The van der Waals surface area contributed by atoms with Crippen LogP contribution < -0.4 is 10.6 Å². The largest absolute Gasteiger partial charge is 0.481 e. The number of nitrogens with zero attached hydrogens (tertiary/aromatic N) is 3. The number of rotatable bonds is 6. The molecule has 3 N–H and O–H groups in total. The molecule has 8 nitrogen and oxygen atoms in total. The highest BCUT2D eigenvalue weighted by atomic mass is 16.4. The highest BCUT2D eigenvalue weighted by molar-refractivity contribution is 5.74. The maximum atomic E-state index is 11.5. The van der Waals surface area contributed by atoms with Crippen molar-refractivity contribution in [2.24, 2.45) is 7.05 Å². The lowest BCUT2D eigenvalue weighted by Crippen LogP contribution is -2.40. The second kappa shape index (κ2) is 6.58. The van der Waals surface area contributed by atoms with Gasteiger partial charge in [-0.2, -0.15) is 0 Å². The minimum Gasteiger partial charge on any atom is -0.481 e. The zero-order valence-corrected chi connectivity index (χ0v) is 10.4. The van der Waals surface area contributed by atoms with Crippen molar-refractivity contribution in [2.45, 2.75) is 32.4 Å². The van der Waals surface area contributed by atoms with Crippen molar-refractivity contribution < 1.29 is 14.7 Å². The van der Waals surface area contributed by atoms with E-state index < -0.39 is 5.97 Å². The molecular formula is C10H17N5O3. The fourth-order valence-corrected chi connectivity index (χ4v) is 1.31. The topological polar surface area (TPSA) is 109 Å². The summed E-state index contributed by atoms with van der Waals surface area (Å²) in [6, 6.07) is -0.545. The highest BCUT2D eigenvalue weighted by Crippen LogP contribution is 1.96. The number of aromatic nitrogens is 3. The molecule has 1 rings (SSSR count). The number of aryl methyl sites for hydroxylation is 1. The number of aliphatic carboxylic acids is 1. The van der Waals surface area contributed by atoms with E-state index in [4.69, 9.17) is 5.11 Å². The molecule has 0 aliphatic carbocycles. The first-order valence-corrected chi connectivity index (χ1v) is 5.58. The van der Waals surface area contributed by atoms with Crippen LogP contribution in [0, 0.1) is 0 Å². The Morgan fingerprint density at radius 2 is 2.28 bits per heavy atom. The molecule has 0 radical (unpaired) electrons. The summed E-state index contributed by atoms with van der Waals surface area (Å²) >= 11 is 0. The van der Waals surface area contributed by atoms with Gasteiger partial charge in [0.1, 0.15) is 6.33 Å². The molecule has 0 saturated heterocycles. The van der Waals surface area contributed by atoms with Gasteiger partial charge in [0, 0.05) is 19.5 Å². The molecule has 1 unspecified atom stereocenters. The average molecular weight is 255 g/mol. The zero-order chi connectivity index (χ0) is 13.5. The van der Waals surface area contributed by atoms with Gasteiger partial charge in [0.15, 0.2) is 5.82 Å². The predicted octanol–water partition coefficient (Wildman–Crippen LogP) is -0.132. The fraction of sp³-hybridized carbons (Fsp3) is 0.600. The summed E-state index contributed by atoms with van der Waals surface area (Å²) in [5.41, 5.74) is 0. The molecule has 1 aromatic heterocycles. The standard InChI is InChI=1S/C10H17N5O3/c1-7(3-4-9(16)17)13-10(18)11-5-8-14-12-6-15(8)2/h6-7H,3-5H2,1-2H3,(H,16,17)(H2,11,13,18). The third-order valence-electron chi connectivity index (χ3n) is 2.38. The summed E-state index contributed by atoms with van der Waals surface area (Å²) in [4.78, 5) is 21.8. The van der Waals surface area contributed by atoms with Crippen LogP contribution in [0.25, 0.3) is 0 Å². The number of hydrogen-bond donors (Lipinski definition) is 3. The lowest BCUT2D eigenvalue weighted by Gasteiger charge is -2.13. The van der Waals surface area contributed by atoms with E-state index in [9.17, 15) is 9.59 Å². The van der Waals surface area contributed by atoms with Crippen LogP contribution in [0.2, 0.25) is 0 Å². The maximum Gasteiger partial charge on any atom is 0.315 e. The lowest BCUT2D eigenvalue weighted by molar-refractivity contribution is -0.137. The first-order chi connectivity index (χ1) is 8.49. The molecule has 0 aromatic carbocycles. The Morgan fingerprint density at radius 1 is 1.56 bits per heavy atom. The van der Waals surface area contributed by atoms with E-state index in [1.54, 1.807) is 24.9 Å². The van der Waals surface area contributed by atoms with Gasteiger partial charge in [-0.05, 0) is 13.3 Å². The lowest BCUT2D eigenvalue weighted by atomic mass is 10.2. The van der Waals surface area contributed by atoms with Gasteiger partial charge in [-0.3, -0.25) is 4.79 Å². The van der Waals surface area contributed by atoms with Crippen LogP contribution in [-0.2, 0) is 18.4 Å². The number of amides is 2. The van der Waals surface area contributed by atoms with Crippen molar-refractivity contribution in [3.63, 3.8) is 0 Å². The number of hydrogen-bond acceptors (Lipinski definition) is 4. The number of nitrogens with one attached hydrogen (secondary N) is 2. The third-order valence-corrected chi connectivity index (χ3v) is 2.38. The highest BCUT2D eigenvalue weighted by Gasteiger charge is 2.09. The first-order valence-electron chi connectivity index (χ1n) is 5.58. The molecular weight excluding hydrogens is 238 g/mol. The Morgan fingerprint density at radius 3 is 2.83 bits per heavy atom. The summed E-state index contributed by atoms with van der Waals surface area (Å²) in [6.45, 7) is 2.03. The molecule has 0 aliphatic rings. The van der Waals surface area contributed by atoms with Crippen LogP contribution in [-0.4, -0.2) is 37.9 Å². The molecule has 0 bridgehead atoms. The van der Waals surface area contributed by atoms with E-state index in [1.807, 2.05) is 0 Å². The van der Waals surface area contributed by atoms with E-state index in [1.165, 1.54) is 0 Å². The smallest absolute Gasteiger partial charge is 0.315 e. The van der Waals surface area contributed by atoms with Crippen molar-refractivity contribution in [1.82, 2.24) is 25.4 Å². The van der Waals surface area contributed by atoms with E-state index in [0.29, 0.717) is 12.2 Å². The van der Waals surface area contributed by atoms with Gasteiger partial charge in [0.2, 0.25) is 0 Å². The van der Waals surface area contributed by atoms with Gasteiger partial charge in [-0.15, -0.1) is 10.2 Å². The molecule has 8 heteroatoms. The Bertz CT molecular complexity index is 417. The number of carbonyl (C=O) groups is 2. The Kier molecular flexibility index (Phi) is 5.09. The maximum absolute atomic E-state index is 11.5. The molecule has 0 aliphatic heterocycles. The molecule has 0 saturated carbocycles. The third kappa shape index (κ3) is 4.81. The average Bonchev–Trinajstić information content (AvgIpc) is 2.69. The molecule has 1 atom stereocenters. The van der Waals surface area contributed by atoms with Crippen molar-refractivity contribution in [3.05, 3.63) is 12.2 Å². The second-order valence-corrected chi connectivity index (χ2v) is 4.02. The van der Waals surface area contributed by atoms with E-state index >= 15 is 0 Å². The Hall–Kier alpha value is -2.12. The molecule has 1 aromatic rings. The van der Waals surface area contributed by atoms with Gasteiger partial charge in [-0.25, -0.2) is 4.79 Å². The van der Waals surface area contributed by atoms with Crippen molar-refractivity contribution in [3.8, 4) is 0 Å². The van der Waals surface area contributed by atoms with Gasteiger partial charge < -0.3 is 20.3 Å². The molecule has 0 spiro atoms. The van der Waals surface area contributed by atoms with Crippen LogP contribution in [0.3, 0.4) is 0 Å². The normalized spacial score (nSPS) is 11.9. The Balaban J connectivity index is 2.25. The monoisotopic (exact) mass is 255 g/mol. The van der Waals surface area contributed by atoms with E-state index in [-0.39, 0.29) is 25.0 Å². The minimum absolute atomic E-state index is 0.0325. The first kappa shape index (κ1) is 13.9. The fourth-order valence-electron chi connectivity index (χ4n) is 1.31. The van der Waals surface area contributed by atoms with Crippen LogP contribution in [0.5, 0.6) is 0 Å². The summed E-state index contributed by atoms with van der Waals surface area (Å²) in [6.07, 6.45) is 1.97. The van der Waals surface area contributed by atoms with Gasteiger partial charge in [0.25, 0.3) is 0 Å². The predicted molar refractivity (Wildman–Crippen MR) is 62.7 cm³/mol. The number of urea groups is 1. The van der Waals surface area contributed by atoms with Crippen LogP contribution in [0.1, 0.15) is 25.6 Å². The Labute approximate surface area is 104 Å². The summed E-state index contributed by atoms with van der Waals surface area (Å²) in [5, 5.41) is 21.3. The molecule has 0 fully saturated rings. The molecule has 100 valence electrons. The van der Waals surface area contributed by atoms with Gasteiger partial charge >= 0.3 is 12.0 Å². The van der Waals surface area contributed by atoms with Crippen LogP contribution in [0.4, 0.5) is 4.79 Å². The van der Waals surface area contributed by atoms with Crippen molar-refractivity contribution >= 4 is 12.0 Å². The van der Waals surface area contributed by atoms with Gasteiger partial charge in [0.05, 0.1) is 6.54 Å². The van der Waals surface area contributed by atoms with E-state index in [0.717, 1.165) is 0 Å². The zero-order valence-electron chi connectivity index (χ0n) is 10.4. The van der Waals surface area contributed by atoms with Crippen LogP contribution in [0.15, 0.2) is 6.33 Å².